The summed E-state index contributed by atoms with van der Waals surface area (Å²) in [6.07, 6.45) is 10.7. The minimum Gasteiger partial charge on any atom is -0.385 e. The molecule has 1 amide bonds. The molecule has 0 bridgehead atoms. The third-order valence-corrected chi connectivity index (χ3v) is 3.81. The highest BCUT2D eigenvalue weighted by Crippen LogP contribution is 2.19. The summed E-state index contributed by atoms with van der Waals surface area (Å²) in [5.41, 5.74) is 1.90. The summed E-state index contributed by atoms with van der Waals surface area (Å²) in [5, 5.41) is 6.02. The van der Waals surface area contributed by atoms with E-state index in [0.717, 1.165) is 19.4 Å². The zero-order valence-electron chi connectivity index (χ0n) is 13.8. The molecular formula is C17H26N4O2. The van der Waals surface area contributed by atoms with E-state index in [1.165, 1.54) is 31.3 Å². The molecule has 126 valence electrons. The van der Waals surface area contributed by atoms with Crippen molar-refractivity contribution < 1.29 is 9.53 Å². The standard InChI is InChI=1S/C17H26N4O2/c1-23-13-5-10-18-16(22)15-9-12-20-17(21-15)19-11-8-14-6-3-2-4-7-14/h6,9,12H,2-5,7-8,10-11,13H2,1H3,(H,18,22)(H,19,20,21). The molecule has 1 aliphatic rings. The Kier molecular flexibility index (Phi) is 7.52. The summed E-state index contributed by atoms with van der Waals surface area (Å²) >= 11 is 0. The number of aromatic nitrogens is 2. The van der Waals surface area contributed by atoms with Crippen LogP contribution in [0.15, 0.2) is 23.9 Å². The van der Waals surface area contributed by atoms with E-state index >= 15 is 0 Å². The van der Waals surface area contributed by atoms with Gasteiger partial charge in [0.15, 0.2) is 0 Å². The van der Waals surface area contributed by atoms with Crippen LogP contribution in [-0.2, 0) is 4.74 Å². The maximum absolute atomic E-state index is 12.0. The Morgan fingerprint density at radius 3 is 3.04 bits per heavy atom. The van der Waals surface area contributed by atoms with Crippen LogP contribution in [-0.4, -0.2) is 42.7 Å². The molecule has 0 atom stereocenters. The van der Waals surface area contributed by atoms with Crippen LogP contribution in [0.5, 0.6) is 0 Å². The predicted molar refractivity (Wildman–Crippen MR) is 90.5 cm³/mol. The van der Waals surface area contributed by atoms with Gasteiger partial charge in [-0.05, 0) is 44.6 Å². The number of methoxy groups -OCH3 is 1. The second-order valence-electron chi connectivity index (χ2n) is 5.65. The maximum Gasteiger partial charge on any atom is 0.270 e. The van der Waals surface area contributed by atoms with Crippen molar-refractivity contribution in [1.82, 2.24) is 15.3 Å². The van der Waals surface area contributed by atoms with Gasteiger partial charge in [-0.1, -0.05) is 11.6 Å². The molecule has 1 aromatic heterocycles. The number of allylic oxidation sites excluding steroid dienone is 1. The quantitative estimate of drug-likeness (QED) is 0.540. The van der Waals surface area contributed by atoms with Crippen LogP contribution in [0.4, 0.5) is 5.95 Å². The van der Waals surface area contributed by atoms with Crippen molar-refractivity contribution in [1.29, 1.82) is 0 Å². The third-order valence-electron chi connectivity index (χ3n) is 3.81. The smallest absolute Gasteiger partial charge is 0.270 e. The molecule has 0 aromatic carbocycles. The monoisotopic (exact) mass is 318 g/mol. The van der Waals surface area contributed by atoms with Crippen LogP contribution in [0.1, 0.15) is 49.0 Å². The molecule has 1 aromatic rings. The van der Waals surface area contributed by atoms with Crippen molar-refractivity contribution in [3.8, 4) is 0 Å². The molecule has 2 N–H and O–H groups in total. The Hall–Kier alpha value is -1.95. The van der Waals surface area contributed by atoms with Gasteiger partial charge >= 0.3 is 0 Å². The van der Waals surface area contributed by atoms with E-state index in [1.807, 2.05) is 0 Å². The second-order valence-corrected chi connectivity index (χ2v) is 5.65. The van der Waals surface area contributed by atoms with E-state index in [1.54, 1.807) is 19.4 Å². The number of carbonyl (C=O) groups excluding carboxylic acids is 1. The van der Waals surface area contributed by atoms with Crippen LogP contribution in [0.3, 0.4) is 0 Å². The lowest BCUT2D eigenvalue weighted by molar-refractivity contribution is 0.0943. The first kappa shape index (κ1) is 17.4. The number of ether oxygens (including phenoxy) is 1. The van der Waals surface area contributed by atoms with Gasteiger partial charge in [0.05, 0.1) is 0 Å². The van der Waals surface area contributed by atoms with Crippen LogP contribution < -0.4 is 10.6 Å². The molecule has 6 heteroatoms. The minimum absolute atomic E-state index is 0.179. The van der Waals surface area contributed by atoms with Crippen molar-refractivity contribution in [2.45, 2.75) is 38.5 Å². The van der Waals surface area contributed by atoms with E-state index in [-0.39, 0.29) is 5.91 Å². The predicted octanol–water partition coefficient (Wildman–Crippen LogP) is 2.55. The van der Waals surface area contributed by atoms with E-state index in [9.17, 15) is 4.79 Å². The largest absolute Gasteiger partial charge is 0.385 e. The molecule has 0 radical (unpaired) electrons. The van der Waals surface area contributed by atoms with Gasteiger partial charge < -0.3 is 15.4 Å². The first-order chi connectivity index (χ1) is 11.3. The van der Waals surface area contributed by atoms with Crippen LogP contribution in [0.25, 0.3) is 0 Å². The van der Waals surface area contributed by atoms with Gasteiger partial charge in [-0.25, -0.2) is 9.97 Å². The van der Waals surface area contributed by atoms with Crippen LogP contribution in [0, 0.1) is 0 Å². The fourth-order valence-corrected chi connectivity index (χ4v) is 2.55. The summed E-state index contributed by atoms with van der Waals surface area (Å²) in [6, 6.07) is 1.63. The number of nitrogens with zero attached hydrogens (tertiary/aromatic N) is 2. The van der Waals surface area contributed by atoms with Crippen molar-refractivity contribution in [3.63, 3.8) is 0 Å². The van der Waals surface area contributed by atoms with Crippen molar-refractivity contribution in [2.24, 2.45) is 0 Å². The molecule has 0 aliphatic heterocycles. The van der Waals surface area contributed by atoms with E-state index in [2.05, 4.69) is 26.7 Å². The topological polar surface area (TPSA) is 76.1 Å². The zero-order chi connectivity index (χ0) is 16.3. The van der Waals surface area contributed by atoms with Crippen LogP contribution >= 0.6 is 0 Å². The second kappa shape index (κ2) is 9.94. The molecule has 0 fully saturated rings. The minimum atomic E-state index is -0.179. The summed E-state index contributed by atoms with van der Waals surface area (Å²) < 4.78 is 4.95. The van der Waals surface area contributed by atoms with Crippen molar-refractivity contribution in [3.05, 3.63) is 29.6 Å². The number of carbonyl (C=O) groups is 1. The lowest BCUT2D eigenvalue weighted by Gasteiger charge is -2.13. The molecular weight excluding hydrogens is 292 g/mol. The fourth-order valence-electron chi connectivity index (χ4n) is 2.55. The van der Waals surface area contributed by atoms with Gasteiger partial charge in [-0.3, -0.25) is 4.79 Å². The van der Waals surface area contributed by atoms with Gasteiger partial charge in [0.2, 0.25) is 5.95 Å². The van der Waals surface area contributed by atoms with Gasteiger partial charge in [-0.15, -0.1) is 0 Å². The normalized spacial score (nSPS) is 14.2. The third kappa shape index (κ3) is 6.36. The highest BCUT2D eigenvalue weighted by atomic mass is 16.5. The number of nitrogens with one attached hydrogen (secondary N) is 2. The molecule has 0 unspecified atom stereocenters. The van der Waals surface area contributed by atoms with Gasteiger partial charge in [-0.2, -0.15) is 0 Å². The van der Waals surface area contributed by atoms with E-state index in [0.29, 0.717) is 24.8 Å². The Morgan fingerprint density at radius 2 is 2.26 bits per heavy atom. The SMILES string of the molecule is COCCCNC(=O)c1ccnc(NCCC2=CCCCC2)n1. The Morgan fingerprint density at radius 1 is 1.35 bits per heavy atom. The first-order valence-corrected chi connectivity index (χ1v) is 8.31. The number of hydrogen-bond donors (Lipinski definition) is 2. The summed E-state index contributed by atoms with van der Waals surface area (Å²) in [5.74, 6) is 0.326. The van der Waals surface area contributed by atoms with Gasteiger partial charge in [0.25, 0.3) is 5.91 Å². The molecule has 1 aliphatic carbocycles. The molecule has 6 nitrogen and oxygen atoms in total. The summed E-state index contributed by atoms with van der Waals surface area (Å²) in [7, 11) is 1.65. The lowest BCUT2D eigenvalue weighted by Crippen LogP contribution is -2.26. The Balaban J connectivity index is 1.77. The Labute approximate surface area is 137 Å². The highest BCUT2D eigenvalue weighted by molar-refractivity contribution is 5.92. The number of rotatable bonds is 9. The maximum atomic E-state index is 12.0. The Bertz CT molecular complexity index is 531. The summed E-state index contributed by atoms with van der Waals surface area (Å²) in [4.78, 5) is 20.4. The van der Waals surface area contributed by atoms with Crippen molar-refractivity contribution >= 4 is 11.9 Å². The molecule has 2 rings (SSSR count). The lowest BCUT2D eigenvalue weighted by atomic mass is 9.97. The van der Waals surface area contributed by atoms with E-state index in [4.69, 9.17) is 4.74 Å². The van der Waals surface area contributed by atoms with Crippen LogP contribution in [0.2, 0.25) is 0 Å². The average molecular weight is 318 g/mol. The zero-order valence-corrected chi connectivity index (χ0v) is 13.8. The summed E-state index contributed by atoms with van der Waals surface area (Å²) in [6.45, 7) is 2.01. The van der Waals surface area contributed by atoms with Gasteiger partial charge in [0, 0.05) is 33.0 Å². The van der Waals surface area contributed by atoms with Crippen molar-refractivity contribution in [2.75, 3.05) is 32.1 Å². The first-order valence-electron chi connectivity index (χ1n) is 8.31. The number of hydrogen-bond acceptors (Lipinski definition) is 5. The number of anilines is 1. The highest BCUT2D eigenvalue weighted by Gasteiger charge is 2.08. The molecule has 0 saturated carbocycles. The molecule has 0 spiro atoms. The molecule has 0 saturated heterocycles. The van der Waals surface area contributed by atoms with Gasteiger partial charge in [0.1, 0.15) is 5.69 Å². The molecule has 1 heterocycles. The molecule has 23 heavy (non-hydrogen) atoms. The fraction of sp³-hybridized carbons (Fsp3) is 0.588. The van der Waals surface area contributed by atoms with E-state index < -0.39 is 0 Å². The average Bonchev–Trinajstić information content (AvgIpc) is 2.60. The number of amides is 1.